The average Bonchev–Trinajstić information content (AvgIpc) is 3.15. The average molecular weight is 352 g/mol. The third-order valence-corrected chi connectivity index (χ3v) is 5.09. The zero-order valence-electron chi connectivity index (χ0n) is 11.6. The Balaban J connectivity index is 1.61. The molecule has 0 aromatic heterocycles. The summed E-state index contributed by atoms with van der Waals surface area (Å²) in [5, 5.41) is 12.0. The van der Waals surface area contributed by atoms with Crippen molar-refractivity contribution in [1.29, 1.82) is 0 Å². The lowest BCUT2D eigenvalue weighted by molar-refractivity contribution is -0.140. The Kier molecular flexibility index (Phi) is 3.78. The third-order valence-electron chi connectivity index (χ3n) is 4.59. The molecule has 3 rings (SSSR count). The van der Waals surface area contributed by atoms with E-state index in [9.17, 15) is 9.59 Å². The van der Waals surface area contributed by atoms with Gasteiger partial charge < -0.3 is 10.4 Å². The number of halogens is 1. The number of carbonyl (C=O) groups excluding carboxylic acids is 1. The molecule has 2 aliphatic carbocycles. The summed E-state index contributed by atoms with van der Waals surface area (Å²) in [6.07, 6.45) is 3.43. The van der Waals surface area contributed by atoms with E-state index in [0.29, 0.717) is 0 Å². The molecule has 4 nitrogen and oxygen atoms in total. The number of benzene rings is 1. The molecule has 2 fully saturated rings. The normalized spacial score (nSPS) is 25.8. The molecular weight excluding hydrogens is 334 g/mol. The van der Waals surface area contributed by atoms with Crippen molar-refractivity contribution in [3.05, 3.63) is 34.3 Å². The van der Waals surface area contributed by atoms with E-state index < -0.39 is 11.5 Å². The highest BCUT2D eigenvalue weighted by atomic mass is 79.9. The van der Waals surface area contributed by atoms with E-state index in [1.165, 1.54) is 5.56 Å². The minimum Gasteiger partial charge on any atom is -0.481 e. The van der Waals surface area contributed by atoms with Crippen molar-refractivity contribution < 1.29 is 14.7 Å². The van der Waals surface area contributed by atoms with Gasteiger partial charge in [0.1, 0.15) is 0 Å². The molecule has 1 aromatic rings. The van der Waals surface area contributed by atoms with Gasteiger partial charge in [0.25, 0.3) is 0 Å². The second kappa shape index (κ2) is 5.44. The quantitative estimate of drug-likeness (QED) is 0.856. The highest BCUT2D eigenvalue weighted by Crippen LogP contribution is 2.49. The van der Waals surface area contributed by atoms with E-state index in [1.54, 1.807) is 0 Å². The SMILES string of the molecule is O=C(O)CC1(NC(=O)C2CC2c2cccc(Br)c2)CCC1. The maximum atomic E-state index is 12.3. The van der Waals surface area contributed by atoms with Crippen LogP contribution >= 0.6 is 15.9 Å². The molecule has 2 aliphatic rings. The fraction of sp³-hybridized carbons (Fsp3) is 0.500. The van der Waals surface area contributed by atoms with E-state index >= 15 is 0 Å². The second-order valence-electron chi connectivity index (χ2n) is 6.20. The van der Waals surface area contributed by atoms with Crippen molar-refractivity contribution in [2.45, 2.75) is 43.6 Å². The molecule has 1 aromatic carbocycles. The summed E-state index contributed by atoms with van der Waals surface area (Å²) in [4.78, 5) is 23.3. The van der Waals surface area contributed by atoms with Gasteiger partial charge >= 0.3 is 5.97 Å². The smallest absolute Gasteiger partial charge is 0.305 e. The van der Waals surface area contributed by atoms with Gasteiger partial charge in [-0.15, -0.1) is 0 Å². The number of rotatable bonds is 5. The summed E-state index contributed by atoms with van der Waals surface area (Å²) in [6, 6.07) is 8.04. The number of carboxylic acid groups (broad SMARTS) is 1. The standard InChI is InChI=1S/C16H18BrNO3/c17-11-4-1-3-10(7-11)12-8-13(12)15(21)18-16(5-2-6-16)9-14(19)20/h1,3-4,7,12-13H,2,5-6,8-9H2,(H,18,21)(H,19,20). The van der Waals surface area contributed by atoms with Crippen molar-refractivity contribution in [2.24, 2.45) is 5.92 Å². The maximum Gasteiger partial charge on any atom is 0.305 e. The highest BCUT2D eigenvalue weighted by molar-refractivity contribution is 9.10. The van der Waals surface area contributed by atoms with Crippen LogP contribution in [0.15, 0.2) is 28.7 Å². The summed E-state index contributed by atoms with van der Waals surface area (Å²) in [6.45, 7) is 0. The molecule has 2 atom stereocenters. The highest BCUT2D eigenvalue weighted by Gasteiger charge is 2.48. The molecule has 0 radical (unpaired) electrons. The molecule has 0 heterocycles. The molecule has 5 heteroatoms. The number of nitrogens with one attached hydrogen (secondary N) is 1. The van der Waals surface area contributed by atoms with Crippen LogP contribution < -0.4 is 5.32 Å². The molecule has 1 amide bonds. The molecule has 2 saturated carbocycles. The fourth-order valence-electron chi connectivity index (χ4n) is 3.18. The Bertz CT molecular complexity index is 583. The second-order valence-corrected chi connectivity index (χ2v) is 7.11. The first-order valence-corrected chi connectivity index (χ1v) is 8.08. The van der Waals surface area contributed by atoms with Crippen LogP contribution in [-0.2, 0) is 9.59 Å². The van der Waals surface area contributed by atoms with Crippen LogP contribution in [0.1, 0.15) is 43.6 Å². The predicted molar refractivity (Wildman–Crippen MR) is 82.0 cm³/mol. The van der Waals surface area contributed by atoms with Gasteiger partial charge in [-0.2, -0.15) is 0 Å². The number of carboxylic acids is 1. The van der Waals surface area contributed by atoms with Gasteiger partial charge in [0.15, 0.2) is 0 Å². The van der Waals surface area contributed by atoms with Crippen LogP contribution in [0.3, 0.4) is 0 Å². The molecule has 112 valence electrons. The van der Waals surface area contributed by atoms with Gasteiger partial charge in [0.05, 0.1) is 12.0 Å². The van der Waals surface area contributed by atoms with Crippen LogP contribution in [-0.4, -0.2) is 22.5 Å². The molecular formula is C16H18BrNO3. The van der Waals surface area contributed by atoms with E-state index in [2.05, 4.69) is 21.2 Å². The summed E-state index contributed by atoms with van der Waals surface area (Å²) >= 11 is 3.45. The number of hydrogen-bond donors (Lipinski definition) is 2. The van der Waals surface area contributed by atoms with Crippen LogP contribution in [0.2, 0.25) is 0 Å². The van der Waals surface area contributed by atoms with Gasteiger partial charge in [-0.1, -0.05) is 28.1 Å². The van der Waals surface area contributed by atoms with Gasteiger partial charge in [-0.3, -0.25) is 9.59 Å². The Hall–Kier alpha value is -1.36. The van der Waals surface area contributed by atoms with Crippen molar-refractivity contribution in [2.75, 3.05) is 0 Å². The number of aliphatic carboxylic acids is 1. The minimum atomic E-state index is -0.839. The molecule has 2 unspecified atom stereocenters. The van der Waals surface area contributed by atoms with E-state index in [0.717, 1.165) is 30.2 Å². The zero-order chi connectivity index (χ0) is 15.0. The van der Waals surface area contributed by atoms with Crippen molar-refractivity contribution in [3.8, 4) is 0 Å². The van der Waals surface area contributed by atoms with Crippen molar-refractivity contribution in [1.82, 2.24) is 5.32 Å². The maximum absolute atomic E-state index is 12.3. The van der Waals surface area contributed by atoms with E-state index in [4.69, 9.17) is 5.11 Å². The molecule has 0 aliphatic heterocycles. The van der Waals surface area contributed by atoms with Gasteiger partial charge in [-0.25, -0.2) is 0 Å². The van der Waals surface area contributed by atoms with Crippen LogP contribution in [0, 0.1) is 5.92 Å². The lowest BCUT2D eigenvalue weighted by atomic mass is 9.74. The van der Waals surface area contributed by atoms with E-state index in [-0.39, 0.29) is 24.2 Å². The van der Waals surface area contributed by atoms with Gasteiger partial charge in [0.2, 0.25) is 5.91 Å². The number of amides is 1. The van der Waals surface area contributed by atoms with Crippen LogP contribution in [0.4, 0.5) is 0 Å². The lowest BCUT2D eigenvalue weighted by Crippen LogP contribution is -2.55. The number of carbonyl (C=O) groups is 2. The van der Waals surface area contributed by atoms with E-state index in [1.807, 2.05) is 24.3 Å². The predicted octanol–water partition coefficient (Wildman–Crippen LogP) is 3.07. The fourth-order valence-corrected chi connectivity index (χ4v) is 3.60. The van der Waals surface area contributed by atoms with Gasteiger partial charge in [-0.05, 0) is 49.3 Å². The Morgan fingerprint density at radius 2 is 2.14 bits per heavy atom. The third kappa shape index (κ3) is 3.12. The largest absolute Gasteiger partial charge is 0.481 e. The molecule has 2 N–H and O–H groups in total. The Labute approximate surface area is 132 Å². The molecule has 21 heavy (non-hydrogen) atoms. The summed E-state index contributed by atoms with van der Waals surface area (Å²) in [5.41, 5.74) is 0.679. The number of hydrogen-bond acceptors (Lipinski definition) is 2. The molecule has 0 saturated heterocycles. The van der Waals surface area contributed by atoms with Crippen molar-refractivity contribution in [3.63, 3.8) is 0 Å². The Morgan fingerprint density at radius 1 is 1.38 bits per heavy atom. The minimum absolute atomic E-state index is 0.00873. The monoisotopic (exact) mass is 351 g/mol. The first-order chi connectivity index (χ1) is 9.99. The zero-order valence-corrected chi connectivity index (χ0v) is 13.2. The topological polar surface area (TPSA) is 66.4 Å². The van der Waals surface area contributed by atoms with Crippen molar-refractivity contribution >= 4 is 27.8 Å². The first-order valence-electron chi connectivity index (χ1n) is 7.28. The summed E-state index contributed by atoms with van der Waals surface area (Å²) in [5.74, 6) is -0.565. The van der Waals surface area contributed by atoms with Gasteiger partial charge in [0, 0.05) is 10.4 Å². The first kappa shape index (κ1) is 14.6. The molecule has 0 bridgehead atoms. The summed E-state index contributed by atoms with van der Waals surface area (Å²) in [7, 11) is 0. The Morgan fingerprint density at radius 3 is 2.71 bits per heavy atom. The lowest BCUT2D eigenvalue weighted by Gasteiger charge is -2.41. The molecule has 0 spiro atoms. The summed E-state index contributed by atoms with van der Waals surface area (Å²) < 4.78 is 1.02. The van der Waals surface area contributed by atoms with Crippen LogP contribution in [0.5, 0.6) is 0 Å². The van der Waals surface area contributed by atoms with Crippen LogP contribution in [0.25, 0.3) is 0 Å².